The van der Waals surface area contributed by atoms with Crippen LogP contribution in [0.1, 0.15) is 31.7 Å². The van der Waals surface area contributed by atoms with Crippen molar-refractivity contribution < 1.29 is 4.79 Å². The Hall–Kier alpha value is -2.88. The van der Waals surface area contributed by atoms with Crippen molar-refractivity contribution in [3.63, 3.8) is 0 Å². The van der Waals surface area contributed by atoms with E-state index >= 15 is 0 Å². The molecule has 1 fully saturated rings. The maximum absolute atomic E-state index is 12.7. The summed E-state index contributed by atoms with van der Waals surface area (Å²) < 4.78 is 1.87. The smallest absolute Gasteiger partial charge is 0.246 e. The number of fused-ring (bicyclic) bond motifs is 1. The van der Waals surface area contributed by atoms with Crippen LogP contribution in [-0.2, 0) is 4.79 Å². The fourth-order valence-electron chi connectivity index (χ4n) is 3.67. The Bertz CT molecular complexity index is 942. The minimum Gasteiger partial charge on any atom is -0.336 e. The second-order valence-electron chi connectivity index (χ2n) is 6.87. The summed E-state index contributed by atoms with van der Waals surface area (Å²) in [6.07, 6.45) is 8.96. The first kappa shape index (κ1) is 16.6. The minimum atomic E-state index is 0.0893. The van der Waals surface area contributed by atoms with Gasteiger partial charge in [-0.2, -0.15) is 5.10 Å². The van der Waals surface area contributed by atoms with Gasteiger partial charge >= 0.3 is 0 Å². The third-order valence-electron chi connectivity index (χ3n) is 5.10. The largest absolute Gasteiger partial charge is 0.336 e. The van der Waals surface area contributed by atoms with Crippen LogP contribution in [0.15, 0.2) is 60.8 Å². The molecule has 0 bridgehead atoms. The van der Waals surface area contributed by atoms with Gasteiger partial charge in [-0.15, -0.1) is 0 Å². The van der Waals surface area contributed by atoms with Crippen LogP contribution in [0.3, 0.4) is 0 Å². The van der Waals surface area contributed by atoms with E-state index in [1.165, 1.54) is 6.42 Å². The Labute approximate surface area is 153 Å². The first-order valence-corrected chi connectivity index (χ1v) is 9.25. The third kappa shape index (κ3) is 3.15. The molecule has 1 saturated heterocycles. The number of carbonyl (C=O) groups excluding carboxylic acids is 1. The second-order valence-corrected chi connectivity index (χ2v) is 6.87. The average Bonchev–Trinajstić information content (AvgIpc) is 3.06. The molecular formula is C22H23N3O. The standard InChI is InChI=1S/C22H23N3O/c1-17-9-5-7-15-24(17)21(26)14-13-19-20-12-6-8-16-25(20)23-22(19)18-10-3-2-4-11-18/h2-4,6,8,10-14,16-17H,5,7,9,15H2,1H3. The predicted octanol–water partition coefficient (Wildman–Crippen LogP) is 4.42. The number of rotatable bonds is 3. The summed E-state index contributed by atoms with van der Waals surface area (Å²) in [6.45, 7) is 2.99. The molecule has 4 rings (SSSR count). The van der Waals surface area contributed by atoms with E-state index < -0.39 is 0 Å². The Morgan fingerprint density at radius 3 is 2.73 bits per heavy atom. The van der Waals surface area contributed by atoms with Crippen LogP contribution in [0.25, 0.3) is 22.9 Å². The number of likely N-dealkylation sites (tertiary alicyclic amines) is 1. The van der Waals surface area contributed by atoms with E-state index in [0.717, 1.165) is 41.7 Å². The summed E-state index contributed by atoms with van der Waals surface area (Å²) in [5, 5.41) is 4.73. The van der Waals surface area contributed by atoms with Crippen molar-refractivity contribution in [3.05, 3.63) is 66.4 Å². The van der Waals surface area contributed by atoms with Crippen LogP contribution < -0.4 is 0 Å². The highest BCUT2D eigenvalue weighted by atomic mass is 16.2. The Kier molecular flexibility index (Phi) is 4.57. The molecule has 0 aliphatic carbocycles. The third-order valence-corrected chi connectivity index (χ3v) is 5.10. The predicted molar refractivity (Wildman–Crippen MR) is 105 cm³/mol. The maximum Gasteiger partial charge on any atom is 0.246 e. The number of hydrogen-bond donors (Lipinski definition) is 0. The molecule has 0 spiro atoms. The molecule has 1 aliphatic rings. The molecule has 3 heterocycles. The molecule has 0 saturated carbocycles. The molecule has 4 nitrogen and oxygen atoms in total. The van der Waals surface area contributed by atoms with Crippen molar-refractivity contribution >= 4 is 17.5 Å². The number of pyridine rings is 1. The van der Waals surface area contributed by atoms with Crippen molar-refractivity contribution in [1.29, 1.82) is 0 Å². The van der Waals surface area contributed by atoms with E-state index in [1.807, 2.05) is 70.2 Å². The molecule has 1 aliphatic heterocycles. The monoisotopic (exact) mass is 345 g/mol. The van der Waals surface area contributed by atoms with Crippen LogP contribution in [0.5, 0.6) is 0 Å². The number of piperidine rings is 1. The molecule has 1 amide bonds. The summed E-state index contributed by atoms with van der Waals surface area (Å²) >= 11 is 0. The van der Waals surface area contributed by atoms with Crippen LogP contribution in [0.2, 0.25) is 0 Å². The lowest BCUT2D eigenvalue weighted by Gasteiger charge is -2.32. The topological polar surface area (TPSA) is 37.6 Å². The number of aromatic nitrogens is 2. The van der Waals surface area contributed by atoms with Gasteiger partial charge in [-0.25, -0.2) is 4.52 Å². The van der Waals surface area contributed by atoms with Crippen molar-refractivity contribution in [2.45, 2.75) is 32.2 Å². The maximum atomic E-state index is 12.7. The molecule has 1 unspecified atom stereocenters. The Morgan fingerprint density at radius 1 is 1.12 bits per heavy atom. The van der Waals surface area contributed by atoms with Crippen LogP contribution in [0, 0.1) is 0 Å². The molecule has 1 atom stereocenters. The summed E-state index contributed by atoms with van der Waals surface area (Å²) in [6, 6.07) is 16.4. The molecule has 1 aromatic carbocycles. The van der Waals surface area contributed by atoms with Gasteiger partial charge in [0.2, 0.25) is 5.91 Å². The van der Waals surface area contributed by atoms with E-state index in [0.29, 0.717) is 6.04 Å². The van der Waals surface area contributed by atoms with Crippen molar-refractivity contribution in [2.75, 3.05) is 6.54 Å². The summed E-state index contributed by atoms with van der Waals surface area (Å²) in [7, 11) is 0. The molecule has 0 radical (unpaired) electrons. The highest BCUT2D eigenvalue weighted by Gasteiger charge is 2.21. The Morgan fingerprint density at radius 2 is 1.92 bits per heavy atom. The lowest BCUT2D eigenvalue weighted by Crippen LogP contribution is -2.41. The first-order valence-electron chi connectivity index (χ1n) is 9.25. The molecule has 4 heteroatoms. The van der Waals surface area contributed by atoms with Gasteiger partial charge in [-0.3, -0.25) is 4.79 Å². The zero-order valence-corrected chi connectivity index (χ0v) is 15.0. The van der Waals surface area contributed by atoms with Gasteiger partial charge in [0.25, 0.3) is 0 Å². The van der Waals surface area contributed by atoms with Gasteiger partial charge in [0, 0.05) is 36.0 Å². The quantitative estimate of drug-likeness (QED) is 0.659. The molecule has 132 valence electrons. The highest BCUT2D eigenvalue weighted by molar-refractivity contribution is 5.95. The van der Waals surface area contributed by atoms with Gasteiger partial charge in [-0.05, 0) is 44.4 Å². The highest BCUT2D eigenvalue weighted by Crippen LogP contribution is 2.27. The van der Waals surface area contributed by atoms with Gasteiger partial charge in [0.15, 0.2) is 0 Å². The van der Waals surface area contributed by atoms with E-state index in [-0.39, 0.29) is 5.91 Å². The normalized spacial score (nSPS) is 17.9. The van der Waals surface area contributed by atoms with Crippen LogP contribution in [-0.4, -0.2) is 33.0 Å². The number of hydrogen-bond acceptors (Lipinski definition) is 2. The zero-order chi connectivity index (χ0) is 17.9. The fourth-order valence-corrected chi connectivity index (χ4v) is 3.67. The first-order chi connectivity index (χ1) is 12.7. The van der Waals surface area contributed by atoms with Crippen LogP contribution in [0.4, 0.5) is 0 Å². The van der Waals surface area contributed by atoms with E-state index in [2.05, 4.69) is 6.92 Å². The van der Waals surface area contributed by atoms with Gasteiger partial charge in [-0.1, -0.05) is 36.4 Å². The molecule has 26 heavy (non-hydrogen) atoms. The van der Waals surface area contributed by atoms with E-state index in [9.17, 15) is 4.79 Å². The molecule has 0 N–H and O–H groups in total. The number of nitrogens with zero attached hydrogens (tertiary/aromatic N) is 3. The summed E-state index contributed by atoms with van der Waals surface area (Å²) in [4.78, 5) is 14.7. The minimum absolute atomic E-state index is 0.0893. The summed E-state index contributed by atoms with van der Waals surface area (Å²) in [5.74, 6) is 0.0893. The van der Waals surface area contributed by atoms with E-state index in [1.54, 1.807) is 6.08 Å². The second kappa shape index (κ2) is 7.16. The van der Waals surface area contributed by atoms with Crippen LogP contribution >= 0.6 is 0 Å². The number of benzene rings is 1. The molecule has 2 aromatic heterocycles. The van der Waals surface area contributed by atoms with Gasteiger partial charge in [0.1, 0.15) is 5.69 Å². The van der Waals surface area contributed by atoms with Gasteiger partial charge in [0.05, 0.1) is 5.52 Å². The number of carbonyl (C=O) groups is 1. The van der Waals surface area contributed by atoms with Crippen molar-refractivity contribution in [3.8, 4) is 11.3 Å². The fraction of sp³-hybridized carbons (Fsp3) is 0.273. The van der Waals surface area contributed by atoms with Crippen molar-refractivity contribution in [1.82, 2.24) is 14.5 Å². The number of amides is 1. The Balaban J connectivity index is 1.72. The van der Waals surface area contributed by atoms with E-state index in [4.69, 9.17) is 5.10 Å². The lowest BCUT2D eigenvalue weighted by molar-refractivity contribution is -0.129. The van der Waals surface area contributed by atoms with Gasteiger partial charge < -0.3 is 4.90 Å². The lowest BCUT2D eigenvalue weighted by atomic mass is 10.0. The zero-order valence-electron chi connectivity index (χ0n) is 15.0. The van der Waals surface area contributed by atoms with Crippen molar-refractivity contribution in [2.24, 2.45) is 0 Å². The molecule has 3 aromatic rings. The summed E-state index contributed by atoms with van der Waals surface area (Å²) in [5.41, 5.74) is 3.93. The average molecular weight is 345 g/mol. The molecular weight excluding hydrogens is 322 g/mol. The SMILES string of the molecule is CC1CCCCN1C(=O)C=Cc1c(-c2ccccc2)nn2ccccc12.